The Morgan fingerprint density at radius 1 is 1.12 bits per heavy atom. The van der Waals surface area contributed by atoms with Crippen molar-refractivity contribution in [2.75, 3.05) is 37.7 Å². The quantitative estimate of drug-likeness (QED) is 0.299. The third kappa shape index (κ3) is 5.98. The number of carboxylic acid groups (broad SMARTS) is 1. The number of ether oxygens (including phenoxy) is 2. The first-order valence-corrected chi connectivity index (χ1v) is 13.9. The number of pyridine rings is 2. The first-order chi connectivity index (χ1) is 20.0. The van der Waals surface area contributed by atoms with E-state index in [2.05, 4.69) is 20.7 Å². The van der Waals surface area contributed by atoms with E-state index in [9.17, 15) is 9.90 Å². The van der Waals surface area contributed by atoms with Gasteiger partial charge in [-0.25, -0.2) is 14.8 Å². The average molecular weight is 573 g/mol. The van der Waals surface area contributed by atoms with Crippen molar-refractivity contribution >= 4 is 34.6 Å². The van der Waals surface area contributed by atoms with Gasteiger partial charge >= 0.3 is 5.97 Å². The molecule has 0 bridgehead atoms. The van der Waals surface area contributed by atoms with Crippen molar-refractivity contribution in [1.29, 1.82) is 0 Å². The molecule has 4 aromatic rings. The Labute approximate surface area is 242 Å². The summed E-state index contributed by atoms with van der Waals surface area (Å²) in [7, 11) is 0. The molecule has 1 atom stereocenters. The van der Waals surface area contributed by atoms with Gasteiger partial charge < -0.3 is 24.0 Å². The Hall–Kier alpha value is -4.17. The number of hydrogen-bond acceptors (Lipinski definition) is 8. The number of benzene rings is 1. The van der Waals surface area contributed by atoms with E-state index in [-0.39, 0.29) is 11.8 Å². The van der Waals surface area contributed by atoms with E-state index in [0.717, 1.165) is 62.0 Å². The number of fused-ring (bicyclic) bond motifs is 1. The third-order valence-corrected chi connectivity index (χ3v) is 7.79. The van der Waals surface area contributed by atoms with E-state index < -0.39 is 5.97 Å². The van der Waals surface area contributed by atoms with E-state index in [1.807, 2.05) is 34.9 Å². The average Bonchev–Trinajstić information content (AvgIpc) is 3.30. The molecule has 3 aromatic heterocycles. The van der Waals surface area contributed by atoms with Gasteiger partial charge in [-0.3, -0.25) is 4.90 Å². The van der Waals surface area contributed by atoms with Crippen LogP contribution in [-0.4, -0.2) is 74.4 Å². The smallest absolute Gasteiger partial charge is 0.354 e. The molecule has 1 N–H and O–H groups in total. The Balaban J connectivity index is 1.10. The number of nitrogens with zero attached hydrogens (tertiary/aromatic N) is 6. The first kappa shape index (κ1) is 27.0. The predicted molar refractivity (Wildman–Crippen MR) is 154 cm³/mol. The van der Waals surface area contributed by atoms with Crippen LogP contribution in [0.4, 0.5) is 5.82 Å². The van der Waals surface area contributed by atoms with Gasteiger partial charge in [-0.15, -0.1) is 6.42 Å². The lowest BCUT2D eigenvalue weighted by molar-refractivity contribution is -0.0592. The molecule has 210 valence electrons. The molecule has 2 aliphatic rings. The number of halogens is 1. The summed E-state index contributed by atoms with van der Waals surface area (Å²) in [4.78, 5) is 30.0. The van der Waals surface area contributed by atoms with Crippen LogP contribution in [0.1, 0.15) is 33.9 Å². The van der Waals surface area contributed by atoms with E-state index in [0.29, 0.717) is 41.8 Å². The number of anilines is 1. The number of aromatic carboxylic acids is 1. The highest BCUT2D eigenvalue weighted by Crippen LogP contribution is 2.24. The molecule has 2 fully saturated rings. The van der Waals surface area contributed by atoms with Crippen LogP contribution in [0.5, 0.6) is 5.88 Å². The second-order valence-corrected chi connectivity index (χ2v) is 10.5. The van der Waals surface area contributed by atoms with Gasteiger partial charge in [-0.05, 0) is 36.8 Å². The van der Waals surface area contributed by atoms with Crippen molar-refractivity contribution in [3.05, 3.63) is 76.2 Å². The fourth-order valence-corrected chi connectivity index (χ4v) is 5.25. The van der Waals surface area contributed by atoms with Crippen LogP contribution in [-0.2, 0) is 24.4 Å². The number of aromatic nitrogens is 4. The van der Waals surface area contributed by atoms with Crippen LogP contribution >= 0.6 is 11.6 Å². The summed E-state index contributed by atoms with van der Waals surface area (Å²) in [6, 6.07) is 14.5. The lowest BCUT2D eigenvalue weighted by Gasteiger charge is -2.35. The number of piperazine rings is 1. The van der Waals surface area contributed by atoms with Crippen molar-refractivity contribution in [2.45, 2.75) is 32.2 Å². The van der Waals surface area contributed by atoms with Gasteiger partial charge in [0.1, 0.15) is 23.8 Å². The topological polar surface area (TPSA) is 106 Å². The van der Waals surface area contributed by atoms with Crippen LogP contribution in [0.2, 0.25) is 5.02 Å². The van der Waals surface area contributed by atoms with Gasteiger partial charge in [0.15, 0.2) is 11.3 Å². The fourth-order valence-electron chi connectivity index (χ4n) is 5.01. The van der Waals surface area contributed by atoms with Crippen molar-refractivity contribution in [3.8, 4) is 18.2 Å². The van der Waals surface area contributed by atoms with E-state index in [4.69, 9.17) is 37.5 Å². The molecule has 1 aromatic carbocycles. The summed E-state index contributed by atoms with van der Waals surface area (Å²) in [5.74, 6) is 3.77. The second-order valence-electron chi connectivity index (χ2n) is 10.1. The summed E-state index contributed by atoms with van der Waals surface area (Å²) in [5.41, 5.74) is 2.86. The molecule has 2 aliphatic heterocycles. The first-order valence-electron chi connectivity index (χ1n) is 13.5. The zero-order valence-corrected chi connectivity index (χ0v) is 23.1. The molecule has 0 saturated carbocycles. The van der Waals surface area contributed by atoms with E-state index in [1.54, 1.807) is 12.1 Å². The van der Waals surface area contributed by atoms with Gasteiger partial charge in [-0.2, -0.15) is 4.98 Å². The van der Waals surface area contributed by atoms with Crippen LogP contribution < -0.4 is 9.64 Å². The summed E-state index contributed by atoms with van der Waals surface area (Å²) in [5, 5.41) is 10.0. The second kappa shape index (κ2) is 11.7. The minimum absolute atomic E-state index is 0.0111. The predicted octanol–water partition coefficient (Wildman–Crippen LogP) is 3.85. The summed E-state index contributed by atoms with van der Waals surface area (Å²) in [6.45, 7) is 5.51. The van der Waals surface area contributed by atoms with Crippen molar-refractivity contribution < 1.29 is 19.4 Å². The zero-order chi connectivity index (χ0) is 28.3. The van der Waals surface area contributed by atoms with Crippen LogP contribution in [0, 0.1) is 12.3 Å². The van der Waals surface area contributed by atoms with Crippen molar-refractivity contribution in [1.82, 2.24) is 24.4 Å². The minimum atomic E-state index is -1.05. The highest BCUT2D eigenvalue weighted by atomic mass is 35.5. The number of carboxylic acids is 1. The maximum Gasteiger partial charge on any atom is 0.354 e. The summed E-state index contributed by atoms with van der Waals surface area (Å²) in [6.07, 6.45) is 6.51. The molecule has 5 heterocycles. The standard InChI is InChI=1S/C30H29ClN6O4/c1-2-20-6-7-21(23(31)16-20)19-41-28-5-3-4-26(34-28)36-13-11-35(12-14-36)18-27-32-24-8-9-25(30(38)39)33-29(24)37(27)17-22-10-15-40-22/h1,3-9,16,22H,10-15,17-19H2,(H,38,39)/t22-/m0/s1. The maximum atomic E-state index is 11.5. The molecule has 6 rings (SSSR count). The van der Waals surface area contributed by atoms with Crippen molar-refractivity contribution in [2.24, 2.45) is 0 Å². The molecule has 10 nitrogen and oxygen atoms in total. The number of rotatable bonds is 9. The minimum Gasteiger partial charge on any atom is -0.477 e. The van der Waals surface area contributed by atoms with Gasteiger partial charge in [0.2, 0.25) is 5.88 Å². The Morgan fingerprint density at radius 3 is 2.66 bits per heavy atom. The molecule has 41 heavy (non-hydrogen) atoms. The van der Waals surface area contributed by atoms with Crippen LogP contribution in [0.25, 0.3) is 11.2 Å². The summed E-state index contributed by atoms with van der Waals surface area (Å²) >= 11 is 6.34. The molecule has 11 heteroatoms. The Bertz CT molecular complexity index is 1620. The largest absolute Gasteiger partial charge is 0.477 e. The van der Waals surface area contributed by atoms with Crippen LogP contribution in [0.3, 0.4) is 0 Å². The van der Waals surface area contributed by atoms with Gasteiger partial charge in [-0.1, -0.05) is 29.7 Å². The highest BCUT2D eigenvalue weighted by Gasteiger charge is 2.25. The number of imidazole rings is 1. The third-order valence-electron chi connectivity index (χ3n) is 7.44. The van der Waals surface area contributed by atoms with Gasteiger partial charge in [0.05, 0.1) is 19.2 Å². The zero-order valence-electron chi connectivity index (χ0n) is 22.4. The lowest BCUT2D eigenvalue weighted by atomic mass is 10.1. The molecule has 0 aliphatic carbocycles. The lowest BCUT2D eigenvalue weighted by Crippen LogP contribution is -2.46. The highest BCUT2D eigenvalue weighted by molar-refractivity contribution is 6.31. The Morgan fingerprint density at radius 2 is 1.95 bits per heavy atom. The SMILES string of the molecule is C#Cc1ccc(COc2cccc(N3CCN(Cc4nc5ccc(C(=O)O)nc5n4C[C@@H]4CCO4)CC3)n2)c(Cl)c1. The number of carbonyl (C=O) groups is 1. The maximum absolute atomic E-state index is 11.5. The summed E-state index contributed by atoms with van der Waals surface area (Å²) < 4.78 is 13.6. The molecular weight excluding hydrogens is 544 g/mol. The van der Waals surface area contributed by atoms with Crippen LogP contribution in [0.15, 0.2) is 48.5 Å². The van der Waals surface area contributed by atoms with E-state index in [1.165, 1.54) is 6.07 Å². The number of hydrogen-bond donors (Lipinski definition) is 1. The van der Waals surface area contributed by atoms with Crippen molar-refractivity contribution in [3.63, 3.8) is 0 Å². The molecule has 0 spiro atoms. The molecule has 0 radical (unpaired) electrons. The normalized spacial score (nSPS) is 17.3. The number of terminal acetylenes is 1. The van der Waals surface area contributed by atoms with Gasteiger partial charge in [0, 0.05) is 55.0 Å². The Kier molecular flexibility index (Phi) is 7.74. The monoisotopic (exact) mass is 572 g/mol. The van der Waals surface area contributed by atoms with Gasteiger partial charge in [0.25, 0.3) is 0 Å². The van der Waals surface area contributed by atoms with E-state index >= 15 is 0 Å². The molecule has 2 saturated heterocycles. The fraction of sp³-hybridized carbons (Fsp3) is 0.333. The molecule has 0 unspecified atom stereocenters. The molecule has 0 amide bonds. The molecular formula is C30H29ClN6O4.